The van der Waals surface area contributed by atoms with Crippen molar-refractivity contribution >= 4 is 40.5 Å². The quantitative estimate of drug-likeness (QED) is 0.0991. The van der Waals surface area contributed by atoms with Crippen molar-refractivity contribution < 1.29 is 44.6 Å². The van der Waals surface area contributed by atoms with Gasteiger partial charge in [0.15, 0.2) is 23.2 Å². The highest BCUT2D eigenvalue weighted by atomic mass is 35.5. The molecule has 0 spiro atoms. The number of carboxylic acids is 2. The monoisotopic (exact) mass is 577 g/mol. The number of nitrogens with zero attached hydrogens (tertiary/aromatic N) is 4. The Morgan fingerprint density at radius 3 is 2.52 bits per heavy atom. The van der Waals surface area contributed by atoms with Crippen LogP contribution in [0.3, 0.4) is 0 Å². The van der Waals surface area contributed by atoms with E-state index in [0.717, 1.165) is 0 Å². The van der Waals surface area contributed by atoms with Crippen molar-refractivity contribution in [2.45, 2.75) is 43.0 Å². The lowest BCUT2D eigenvalue weighted by atomic mass is 9.85. The van der Waals surface area contributed by atoms with Crippen LogP contribution in [-0.2, 0) is 25.5 Å². The Bertz CT molecular complexity index is 1400. The summed E-state index contributed by atoms with van der Waals surface area (Å²) in [7, 11) is 0. The van der Waals surface area contributed by atoms with Crippen LogP contribution in [0.15, 0.2) is 48.8 Å². The van der Waals surface area contributed by atoms with E-state index in [1.165, 1.54) is 17.8 Å². The van der Waals surface area contributed by atoms with E-state index in [2.05, 4.69) is 26.8 Å². The van der Waals surface area contributed by atoms with E-state index >= 15 is 0 Å². The molecule has 3 heterocycles. The fraction of sp³-hybridized carbons (Fsp3) is 0.400. The molecule has 0 unspecified atom stereocenters. The van der Waals surface area contributed by atoms with Crippen molar-refractivity contribution in [2.75, 3.05) is 25.1 Å². The van der Waals surface area contributed by atoms with Crippen LogP contribution in [0.4, 0.5) is 5.82 Å². The van der Waals surface area contributed by atoms with E-state index < -0.39 is 54.6 Å². The molecule has 0 saturated carbocycles. The van der Waals surface area contributed by atoms with E-state index in [1.807, 2.05) is 0 Å². The highest BCUT2D eigenvalue weighted by Crippen LogP contribution is 2.43. The summed E-state index contributed by atoms with van der Waals surface area (Å²) in [5.74, 6) is -3.31. The number of rotatable bonds is 12. The Labute approximate surface area is 232 Å². The lowest BCUT2D eigenvalue weighted by molar-refractivity contribution is -0.191. The Kier molecular flexibility index (Phi) is 8.39. The number of carbonyl (C=O) groups is 2. The van der Waals surface area contributed by atoms with Crippen LogP contribution in [0.2, 0.25) is 5.28 Å². The van der Waals surface area contributed by atoms with Crippen molar-refractivity contribution in [1.82, 2.24) is 19.5 Å². The SMILES string of the molecule is C=C(C)[C@@]1(O)[C@@H](COC(Cc2ccccc2)(C(=O)O)C(=O)O)O[C@@H](n2cnc3c(NCCO)nc(Cl)nc32)[C@@H]1O. The number of benzene rings is 1. The molecule has 214 valence electrons. The van der Waals surface area contributed by atoms with Crippen LogP contribution in [0.1, 0.15) is 18.7 Å². The first kappa shape index (κ1) is 29.3. The molecule has 1 aromatic carbocycles. The first-order valence-corrected chi connectivity index (χ1v) is 12.4. The molecule has 0 amide bonds. The van der Waals surface area contributed by atoms with Gasteiger partial charge in [-0.05, 0) is 29.7 Å². The second-order valence-electron chi connectivity index (χ2n) is 9.29. The van der Waals surface area contributed by atoms with Crippen LogP contribution < -0.4 is 5.32 Å². The van der Waals surface area contributed by atoms with E-state index in [-0.39, 0.29) is 41.0 Å². The first-order valence-electron chi connectivity index (χ1n) is 12.1. The molecule has 6 N–H and O–H groups in total. The highest BCUT2D eigenvalue weighted by molar-refractivity contribution is 6.28. The van der Waals surface area contributed by atoms with E-state index in [0.29, 0.717) is 5.56 Å². The maximum atomic E-state index is 12.2. The van der Waals surface area contributed by atoms with E-state index in [9.17, 15) is 30.0 Å². The van der Waals surface area contributed by atoms with Crippen molar-refractivity contribution in [3.8, 4) is 0 Å². The molecule has 1 saturated heterocycles. The van der Waals surface area contributed by atoms with Gasteiger partial charge in [0.25, 0.3) is 5.60 Å². The molecule has 4 rings (SSSR count). The predicted octanol–water partition coefficient (Wildman–Crippen LogP) is 0.617. The minimum Gasteiger partial charge on any atom is -0.479 e. The number of fused-ring (bicyclic) bond motifs is 1. The molecular weight excluding hydrogens is 550 g/mol. The highest BCUT2D eigenvalue weighted by Gasteiger charge is 2.58. The van der Waals surface area contributed by atoms with Crippen LogP contribution >= 0.6 is 11.6 Å². The summed E-state index contributed by atoms with van der Waals surface area (Å²) in [5.41, 5.74) is -4.13. The Hall–Kier alpha value is -3.66. The second-order valence-corrected chi connectivity index (χ2v) is 9.63. The topological polar surface area (TPSA) is 209 Å². The third kappa shape index (κ3) is 5.12. The number of aromatic nitrogens is 4. The largest absolute Gasteiger partial charge is 0.479 e. The van der Waals surface area contributed by atoms with Crippen molar-refractivity contribution in [3.63, 3.8) is 0 Å². The van der Waals surface area contributed by atoms with Gasteiger partial charge in [0, 0.05) is 13.0 Å². The fourth-order valence-corrected chi connectivity index (χ4v) is 4.72. The minimum atomic E-state index is -2.72. The zero-order valence-corrected chi connectivity index (χ0v) is 22.0. The number of hydrogen-bond acceptors (Lipinski definition) is 11. The lowest BCUT2D eigenvalue weighted by Crippen LogP contribution is -2.55. The number of aliphatic carboxylic acids is 2. The summed E-state index contributed by atoms with van der Waals surface area (Å²) in [6.45, 7) is 4.38. The number of aliphatic hydroxyl groups is 3. The number of carboxylic acid groups (broad SMARTS) is 2. The van der Waals surface area contributed by atoms with Crippen LogP contribution in [0.25, 0.3) is 11.2 Å². The molecule has 15 heteroatoms. The molecule has 4 atom stereocenters. The van der Waals surface area contributed by atoms with Gasteiger partial charge in [-0.1, -0.05) is 36.9 Å². The van der Waals surface area contributed by atoms with Crippen molar-refractivity contribution in [3.05, 3.63) is 59.7 Å². The summed E-state index contributed by atoms with van der Waals surface area (Å²) in [5, 5.41) is 54.4. The van der Waals surface area contributed by atoms with Crippen LogP contribution in [-0.4, -0.2) is 100 Å². The Morgan fingerprint density at radius 2 is 1.93 bits per heavy atom. The van der Waals surface area contributed by atoms with Crippen LogP contribution in [0, 0.1) is 0 Å². The van der Waals surface area contributed by atoms with Gasteiger partial charge in [0.2, 0.25) is 5.28 Å². The Morgan fingerprint density at radius 1 is 1.25 bits per heavy atom. The third-order valence-electron chi connectivity index (χ3n) is 6.74. The molecule has 14 nitrogen and oxygen atoms in total. The molecule has 0 bridgehead atoms. The molecule has 0 radical (unpaired) electrons. The normalized spacial score (nSPS) is 22.9. The van der Waals surface area contributed by atoms with Gasteiger partial charge in [0.1, 0.15) is 17.8 Å². The average molecular weight is 578 g/mol. The molecular formula is C25H28ClN5O9. The molecule has 2 aromatic heterocycles. The number of hydrogen-bond donors (Lipinski definition) is 6. The van der Waals surface area contributed by atoms with Gasteiger partial charge >= 0.3 is 11.9 Å². The standard InChI is InChI=1S/C25H28ClN5O9/c1-13(2)25(38)15(11-39-24(21(34)35,22(36)37)10-14-6-4-3-5-7-14)40-20(17(25)33)31-12-28-16-18(27-8-9-32)29-23(26)30-19(16)31/h3-7,12,15,17,20,32-33,38H,1,8-11H2,2H3,(H,34,35)(H,36,37)(H,27,29,30)/t15-,17+,20-,25-/m1/s1. The van der Waals surface area contributed by atoms with Gasteiger partial charge < -0.3 is 40.3 Å². The van der Waals surface area contributed by atoms with E-state index in [4.69, 9.17) is 26.2 Å². The van der Waals surface area contributed by atoms with Gasteiger partial charge in [-0.25, -0.2) is 14.6 Å². The number of nitrogens with one attached hydrogen (secondary N) is 1. The number of halogens is 1. The first-order chi connectivity index (χ1) is 19.0. The number of ether oxygens (including phenoxy) is 2. The number of aliphatic hydroxyl groups excluding tert-OH is 2. The maximum absolute atomic E-state index is 12.2. The summed E-state index contributed by atoms with van der Waals surface area (Å²) < 4.78 is 12.8. The molecule has 40 heavy (non-hydrogen) atoms. The summed E-state index contributed by atoms with van der Waals surface area (Å²) >= 11 is 6.07. The smallest absolute Gasteiger partial charge is 0.348 e. The van der Waals surface area contributed by atoms with E-state index in [1.54, 1.807) is 30.3 Å². The van der Waals surface area contributed by atoms with Gasteiger partial charge in [-0.2, -0.15) is 9.97 Å². The number of anilines is 1. The van der Waals surface area contributed by atoms with Crippen molar-refractivity contribution in [1.29, 1.82) is 0 Å². The molecule has 3 aromatic rings. The van der Waals surface area contributed by atoms with Gasteiger partial charge in [-0.3, -0.25) is 4.57 Å². The average Bonchev–Trinajstić information content (AvgIpc) is 3.44. The molecule has 1 aliphatic rings. The summed E-state index contributed by atoms with van der Waals surface area (Å²) in [4.78, 5) is 36.9. The molecule has 1 aliphatic heterocycles. The minimum absolute atomic E-state index is 0.0535. The number of imidazole rings is 1. The zero-order chi connectivity index (χ0) is 29.2. The fourth-order valence-electron chi connectivity index (χ4n) is 4.56. The van der Waals surface area contributed by atoms with Gasteiger partial charge in [0.05, 0.1) is 19.5 Å². The molecule has 1 fully saturated rings. The molecule has 0 aliphatic carbocycles. The lowest BCUT2D eigenvalue weighted by Gasteiger charge is -2.33. The van der Waals surface area contributed by atoms with Gasteiger partial charge in [-0.15, -0.1) is 0 Å². The van der Waals surface area contributed by atoms with Crippen LogP contribution in [0.5, 0.6) is 0 Å². The second kappa shape index (κ2) is 11.4. The Balaban J connectivity index is 1.68. The van der Waals surface area contributed by atoms with Crippen molar-refractivity contribution in [2.24, 2.45) is 0 Å². The summed E-state index contributed by atoms with van der Waals surface area (Å²) in [6.07, 6.45) is -3.76. The predicted molar refractivity (Wildman–Crippen MR) is 140 cm³/mol. The zero-order valence-electron chi connectivity index (χ0n) is 21.3. The summed E-state index contributed by atoms with van der Waals surface area (Å²) in [6, 6.07) is 8.06. The third-order valence-corrected chi connectivity index (χ3v) is 6.91. The maximum Gasteiger partial charge on any atom is 0.348 e.